The molecule has 1 aliphatic heterocycles. The third-order valence-electron chi connectivity index (χ3n) is 3.12. The van der Waals surface area contributed by atoms with Crippen LogP contribution < -0.4 is 10.6 Å². The molecule has 4 heteroatoms. The van der Waals surface area contributed by atoms with E-state index in [1.165, 1.54) is 0 Å². The molecular weight excluding hydrogens is 214 g/mol. The van der Waals surface area contributed by atoms with Gasteiger partial charge in [-0.15, -0.1) is 0 Å². The van der Waals surface area contributed by atoms with Crippen molar-refractivity contribution >= 4 is 17.3 Å². The van der Waals surface area contributed by atoms with Crippen LogP contribution in [0.5, 0.6) is 0 Å². The molecule has 1 fully saturated rings. The fourth-order valence-electron chi connectivity index (χ4n) is 2.18. The van der Waals surface area contributed by atoms with Crippen LogP contribution in [0.1, 0.15) is 12.0 Å². The van der Waals surface area contributed by atoms with Crippen molar-refractivity contribution in [3.05, 3.63) is 23.8 Å². The van der Waals surface area contributed by atoms with Crippen molar-refractivity contribution in [1.82, 2.24) is 4.90 Å². The minimum absolute atomic E-state index is 0.169. The number of nitrogen functional groups attached to an aromatic ring is 1. The van der Waals surface area contributed by atoms with Crippen LogP contribution in [0.4, 0.5) is 11.4 Å². The Morgan fingerprint density at radius 3 is 2.71 bits per heavy atom. The van der Waals surface area contributed by atoms with Crippen molar-refractivity contribution < 1.29 is 4.79 Å². The molecule has 0 aliphatic carbocycles. The van der Waals surface area contributed by atoms with Crippen LogP contribution in [0.25, 0.3) is 0 Å². The Labute approximate surface area is 102 Å². The molecule has 1 heterocycles. The van der Waals surface area contributed by atoms with Crippen molar-refractivity contribution in [2.45, 2.75) is 13.3 Å². The van der Waals surface area contributed by atoms with E-state index in [0.717, 1.165) is 36.4 Å². The van der Waals surface area contributed by atoms with Gasteiger partial charge >= 0.3 is 0 Å². The first kappa shape index (κ1) is 11.8. The summed E-state index contributed by atoms with van der Waals surface area (Å²) in [7, 11) is 1.86. The molecule has 1 aliphatic rings. The van der Waals surface area contributed by atoms with Crippen molar-refractivity contribution in [3.63, 3.8) is 0 Å². The van der Waals surface area contributed by atoms with Crippen molar-refractivity contribution in [1.29, 1.82) is 0 Å². The van der Waals surface area contributed by atoms with Gasteiger partial charge < -0.3 is 15.5 Å². The van der Waals surface area contributed by atoms with E-state index >= 15 is 0 Å². The van der Waals surface area contributed by atoms with Crippen LogP contribution in [0.2, 0.25) is 0 Å². The quantitative estimate of drug-likeness (QED) is 0.743. The number of benzene rings is 1. The fourth-order valence-corrected chi connectivity index (χ4v) is 2.18. The largest absolute Gasteiger partial charge is 0.399 e. The first-order valence-electron chi connectivity index (χ1n) is 5.92. The molecule has 92 valence electrons. The predicted molar refractivity (Wildman–Crippen MR) is 70.1 cm³/mol. The first-order valence-corrected chi connectivity index (χ1v) is 5.92. The Bertz CT molecular complexity index is 410. The topological polar surface area (TPSA) is 49.6 Å². The summed E-state index contributed by atoms with van der Waals surface area (Å²) < 4.78 is 0. The zero-order chi connectivity index (χ0) is 12.4. The summed E-state index contributed by atoms with van der Waals surface area (Å²) in [6.45, 7) is 4.20. The summed E-state index contributed by atoms with van der Waals surface area (Å²) in [5, 5.41) is 0. The van der Waals surface area contributed by atoms with Gasteiger partial charge in [-0.2, -0.15) is 0 Å². The highest BCUT2D eigenvalue weighted by Crippen LogP contribution is 2.21. The summed E-state index contributed by atoms with van der Waals surface area (Å²) in [5.41, 5.74) is 8.78. The molecule has 1 aromatic carbocycles. The van der Waals surface area contributed by atoms with Gasteiger partial charge in [0, 0.05) is 31.5 Å². The maximum Gasteiger partial charge on any atom is 0.241 e. The van der Waals surface area contributed by atoms with E-state index < -0.39 is 0 Å². The lowest BCUT2D eigenvalue weighted by molar-refractivity contribution is -0.127. The maximum absolute atomic E-state index is 11.8. The number of rotatable bonds is 1. The monoisotopic (exact) mass is 233 g/mol. The van der Waals surface area contributed by atoms with Gasteiger partial charge in [-0.25, -0.2) is 0 Å². The first-order chi connectivity index (χ1) is 8.06. The maximum atomic E-state index is 11.8. The lowest BCUT2D eigenvalue weighted by Gasteiger charge is -2.22. The van der Waals surface area contributed by atoms with Gasteiger partial charge in [-0.1, -0.05) is 0 Å². The highest BCUT2D eigenvalue weighted by molar-refractivity contribution is 5.82. The molecule has 2 N–H and O–H groups in total. The molecule has 0 unspecified atom stereocenters. The number of carbonyl (C=O) groups excluding carboxylic acids is 1. The lowest BCUT2D eigenvalue weighted by atomic mass is 10.2. The Balaban J connectivity index is 2.23. The van der Waals surface area contributed by atoms with Gasteiger partial charge in [0.15, 0.2) is 0 Å². The second-order valence-electron chi connectivity index (χ2n) is 4.69. The molecule has 0 atom stereocenters. The normalized spacial score (nSPS) is 17.2. The summed E-state index contributed by atoms with van der Waals surface area (Å²) >= 11 is 0. The average Bonchev–Trinajstić information content (AvgIpc) is 2.40. The zero-order valence-electron chi connectivity index (χ0n) is 10.4. The lowest BCUT2D eigenvalue weighted by Crippen LogP contribution is -2.34. The standard InChI is InChI=1S/C13H19N3O/c1-10-6-11(14)8-12(7-10)16-5-3-4-15(2)13(17)9-16/h6-8H,3-5,9,14H2,1-2H3. The second kappa shape index (κ2) is 4.65. The number of amides is 1. The minimum atomic E-state index is 0.169. The molecule has 1 saturated heterocycles. The van der Waals surface area contributed by atoms with E-state index in [4.69, 9.17) is 5.73 Å². The molecular formula is C13H19N3O. The van der Waals surface area contributed by atoms with Gasteiger partial charge in [0.2, 0.25) is 5.91 Å². The molecule has 0 radical (unpaired) electrons. The Morgan fingerprint density at radius 1 is 1.24 bits per heavy atom. The summed E-state index contributed by atoms with van der Waals surface area (Å²) in [4.78, 5) is 15.7. The predicted octanol–water partition coefficient (Wildman–Crippen LogP) is 1.25. The second-order valence-corrected chi connectivity index (χ2v) is 4.69. The van der Waals surface area contributed by atoms with E-state index in [9.17, 15) is 4.79 Å². The Morgan fingerprint density at radius 2 is 2.00 bits per heavy atom. The highest BCUT2D eigenvalue weighted by atomic mass is 16.2. The molecule has 0 saturated carbocycles. The number of anilines is 2. The van der Waals surface area contributed by atoms with E-state index in [-0.39, 0.29) is 5.91 Å². The number of hydrogen-bond donors (Lipinski definition) is 1. The van der Waals surface area contributed by atoms with Gasteiger partial charge in [0.1, 0.15) is 0 Å². The Hall–Kier alpha value is -1.71. The highest BCUT2D eigenvalue weighted by Gasteiger charge is 2.19. The van der Waals surface area contributed by atoms with Crippen molar-refractivity contribution in [2.24, 2.45) is 0 Å². The smallest absolute Gasteiger partial charge is 0.241 e. The molecule has 1 amide bonds. The van der Waals surface area contributed by atoms with Crippen molar-refractivity contribution in [3.8, 4) is 0 Å². The summed E-state index contributed by atoms with van der Waals surface area (Å²) in [6, 6.07) is 5.95. The van der Waals surface area contributed by atoms with E-state index in [1.54, 1.807) is 4.90 Å². The van der Waals surface area contributed by atoms with Crippen molar-refractivity contribution in [2.75, 3.05) is 37.3 Å². The average molecular weight is 233 g/mol. The molecule has 0 spiro atoms. The Kier molecular flexibility index (Phi) is 3.22. The van der Waals surface area contributed by atoms with Crippen LogP contribution in [0, 0.1) is 6.92 Å². The SMILES string of the molecule is Cc1cc(N)cc(N2CCCN(C)C(=O)C2)c1. The summed E-state index contributed by atoms with van der Waals surface area (Å²) in [6.07, 6.45) is 0.996. The van der Waals surface area contributed by atoms with Gasteiger partial charge in [0.25, 0.3) is 0 Å². The van der Waals surface area contributed by atoms with Crippen LogP contribution in [0.15, 0.2) is 18.2 Å². The third kappa shape index (κ3) is 2.70. The minimum Gasteiger partial charge on any atom is -0.399 e. The van der Waals surface area contributed by atoms with Crippen LogP contribution in [-0.4, -0.2) is 37.5 Å². The molecule has 4 nitrogen and oxygen atoms in total. The van der Waals surface area contributed by atoms with E-state index in [2.05, 4.69) is 11.0 Å². The molecule has 1 aromatic rings. The van der Waals surface area contributed by atoms with Gasteiger partial charge in [0.05, 0.1) is 6.54 Å². The number of nitrogens with two attached hydrogens (primary N) is 1. The molecule has 2 rings (SSSR count). The number of hydrogen-bond acceptors (Lipinski definition) is 3. The number of nitrogens with zero attached hydrogens (tertiary/aromatic N) is 2. The fraction of sp³-hybridized carbons (Fsp3) is 0.462. The third-order valence-corrected chi connectivity index (χ3v) is 3.12. The van der Waals surface area contributed by atoms with E-state index in [1.807, 2.05) is 26.1 Å². The van der Waals surface area contributed by atoms with Gasteiger partial charge in [-0.05, 0) is 37.1 Å². The van der Waals surface area contributed by atoms with Gasteiger partial charge in [-0.3, -0.25) is 4.79 Å². The number of likely N-dealkylation sites (N-methyl/N-ethyl adjacent to an activating group) is 1. The molecule has 17 heavy (non-hydrogen) atoms. The molecule has 0 bridgehead atoms. The summed E-state index contributed by atoms with van der Waals surface area (Å²) in [5.74, 6) is 0.169. The zero-order valence-corrected chi connectivity index (χ0v) is 10.4. The van der Waals surface area contributed by atoms with Crippen LogP contribution >= 0.6 is 0 Å². The molecule has 0 aromatic heterocycles. The number of carbonyl (C=O) groups is 1. The van der Waals surface area contributed by atoms with Crippen LogP contribution in [0.3, 0.4) is 0 Å². The number of aryl methyl sites for hydroxylation is 1. The van der Waals surface area contributed by atoms with Crippen LogP contribution in [-0.2, 0) is 4.79 Å². The van der Waals surface area contributed by atoms with E-state index in [0.29, 0.717) is 6.54 Å².